The Hall–Kier alpha value is -2.99. The second-order valence-electron chi connectivity index (χ2n) is 6.01. The van der Waals surface area contributed by atoms with E-state index < -0.39 is 5.82 Å². The first-order valence-corrected chi connectivity index (χ1v) is 9.59. The Labute approximate surface area is 164 Å². The first-order valence-electron chi connectivity index (χ1n) is 8.65. The van der Waals surface area contributed by atoms with E-state index in [1.54, 1.807) is 5.51 Å². The third kappa shape index (κ3) is 4.46. The smallest absolute Gasteiger partial charge is 0.235 e. The highest BCUT2D eigenvalue weighted by molar-refractivity contribution is 7.07. The maximum atomic E-state index is 13.1. The van der Waals surface area contributed by atoms with Gasteiger partial charge in [0.05, 0.1) is 37.2 Å². The van der Waals surface area contributed by atoms with Crippen LogP contribution in [0.3, 0.4) is 0 Å². The number of anilines is 4. The zero-order chi connectivity index (χ0) is 19.3. The number of hydrogen-bond acceptors (Lipinski definition) is 11. The van der Waals surface area contributed by atoms with Gasteiger partial charge in [-0.25, -0.2) is 19.3 Å². The highest BCUT2D eigenvalue weighted by Crippen LogP contribution is 2.21. The van der Waals surface area contributed by atoms with Crippen molar-refractivity contribution in [2.75, 3.05) is 41.8 Å². The maximum absolute atomic E-state index is 13.1. The van der Waals surface area contributed by atoms with Crippen LogP contribution in [0.5, 0.6) is 0 Å². The van der Waals surface area contributed by atoms with Gasteiger partial charge in [0.2, 0.25) is 17.8 Å². The molecule has 4 heterocycles. The van der Waals surface area contributed by atoms with Crippen LogP contribution < -0.4 is 15.5 Å². The Kier molecular flexibility index (Phi) is 5.48. The molecule has 1 aliphatic heterocycles. The first kappa shape index (κ1) is 18.4. The number of ether oxygens (including phenoxy) is 1. The Balaban J connectivity index is 1.59. The van der Waals surface area contributed by atoms with Crippen molar-refractivity contribution >= 4 is 35.0 Å². The summed E-state index contributed by atoms with van der Waals surface area (Å²) < 4.78 is 18.5. The van der Waals surface area contributed by atoms with Gasteiger partial charge in [0.15, 0.2) is 5.82 Å². The fraction of sp³-hybridized carbons (Fsp3) is 0.375. The molecule has 146 valence electrons. The van der Waals surface area contributed by atoms with E-state index in [1.165, 1.54) is 11.3 Å². The van der Waals surface area contributed by atoms with Gasteiger partial charge in [-0.3, -0.25) is 0 Å². The number of thiazole rings is 1. The zero-order valence-corrected chi connectivity index (χ0v) is 15.9. The third-order valence-electron chi connectivity index (χ3n) is 3.96. The second-order valence-corrected chi connectivity index (χ2v) is 6.72. The molecule has 0 radical (unpaired) electrons. The largest absolute Gasteiger partial charge is 0.378 e. The van der Waals surface area contributed by atoms with Crippen LogP contribution in [0.1, 0.15) is 18.8 Å². The van der Waals surface area contributed by atoms with Crippen LogP contribution in [0.25, 0.3) is 0 Å². The molecule has 0 aromatic carbocycles. The summed E-state index contributed by atoms with van der Waals surface area (Å²) in [6, 6.07) is -0.326. The van der Waals surface area contributed by atoms with Gasteiger partial charge in [0.25, 0.3) is 0 Å². The quantitative estimate of drug-likeness (QED) is 0.633. The SMILES string of the molecule is CC(Nc1nc(Nc2cscn2)nc(N2CCOCC2)n1)c1ncc(F)cn1. The van der Waals surface area contributed by atoms with Crippen molar-refractivity contribution in [1.82, 2.24) is 29.9 Å². The molecule has 0 amide bonds. The van der Waals surface area contributed by atoms with Crippen LogP contribution in [0.4, 0.5) is 28.1 Å². The van der Waals surface area contributed by atoms with Gasteiger partial charge >= 0.3 is 0 Å². The number of rotatable bonds is 6. The number of aromatic nitrogens is 6. The van der Waals surface area contributed by atoms with Crippen molar-refractivity contribution in [3.05, 3.63) is 34.9 Å². The number of halogens is 1. The number of nitrogens with one attached hydrogen (secondary N) is 2. The third-order valence-corrected chi connectivity index (χ3v) is 4.55. The molecule has 2 N–H and O–H groups in total. The summed E-state index contributed by atoms with van der Waals surface area (Å²) in [7, 11) is 0. The van der Waals surface area contributed by atoms with Gasteiger partial charge in [0, 0.05) is 18.5 Å². The average molecular weight is 403 g/mol. The molecule has 1 unspecified atom stereocenters. The minimum atomic E-state index is -0.486. The monoisotopic (exact) mass is 403 g/mol. The lowest BCUT2D eigenvalue weighted by molar-refractivity contribution is 0.122. The molecular weight excluding hydrogens is 385 g/mol. The summed E-state index contributed by atoms with van der Waals surface area (Å²) in [5, 5.41) is 8.10. The van der Waals surface area contributed by atoms with E-state index in [0.717, 1.165) is 12.4 Å². The fourth-order valence-electron chi connectivity index (χ4n) is 2.58. The van der Waals surface area contributed by atoms with Crippen LogP contribution in [-0.4, -0.2) is 56.2 Å². The molecule has 1 saturated heterocycles. The van der Waals surface area contributed by atoms with Crippen molar-refractivity contribution in [1.29, 1.82) is 0 Å². The molecule has 1 aliphatic rings. The molecule has 4 rings (SSSR count). The highest BCUT2D eigenvalue weighted by Gasteiger charge is 2.18. The standard InChI is InChI=1S/C16H18FN9OS/c1-10(13-18-6-11(17)7-19-13)21-14-23-15(22-12-8-28-9-20-12)25-16(24-14)26-2-4-27-5-3-26/h6-10H,2-5H2,1H3,(H2,21,22,23,24,25). The van der Waals surface area contributed by atoms with Crippen molar-refractivity contribution in [2.24, 2.45) is 0 Å². The molecule has 10 nitrogen and oxygen atoms in total. The van der Waals surface area contributed by atoms with Crippen molar-refractivity contribution in [3.63, 3.8) is 0 Å². The maximum Gasteiger partial charge on any atom is 0.235 e. The Morgan fingerprint density at radius 3 is 2.57 bits per heavy atom. The molecule has 1 atom stereocenters. The van der Waals surface area contributed by atoms with Crippen molar-refractivity contribution in [3.8, 4) is 0 Å². The average Bonchev–Trinajstić information content (AvgIpc) is 3.22. The fourth-order valence-corrected chi connectivity index (χ4v) is 3.07. The lowest BCUT2D eigenvalue weighted by Gasteiger charge is -2.27. The Morgan fingerprint density at radius 2 is 1.86 bits per heavy atom. The molecule has 1 fully saturated rings. The van der Waals surface area contributed by atoms with E-state index in [-0.39, 0.29) is 6.04 Å². The molecule has 0 saturated carbocycles. The van der Waals surface area contributed by atoms with E-state index in [9.17, 15) is 4.39 Å². The predicted octanol–water partition coefficient (Wildman–Crippen LogP) is 2.01. The number of nitrogens with zero attached hydrogens (tertiary/aromatic N) is 7. The minimum absolute atomic E-state index is 0.326. The molecule has 0 bridgehead atoms. The van der Waals surface area contributed by atoms with E-state index in [2.05, 4.69) is 40.5 Å². The van der Waals surface area contributed by atoms with Crippen molar-refractivity contribution in [2.45, 2.75) is 13.0 Å². The van der Waals surface area contributed by atoms with Crippen LogP contribution in [-0.2, 0) is 4.74 Å². The van der Waals surface area contributed by atoms with Gasteiger partial charge < -0.3 is 20.3 Å². The predicted molar refractivity (Wildman–Crippen MR) is 102 cm³/mol. The summed E-state index contributed by atoms with van der Waals surface area (Å²) >= 11 is 1.47. The molecule has 3 aromatic rings. The number of morpholine rings is 1. The van der Waals surface area contributed by atoms with Gasteiger partial charge in [-0.2, -0.15) is 15.0 Å². The highest BCUT2D eigenvalue weighted by atomic mass is 32.1. The van der Waals surface area contributed by atoms with Crippen LogP contribution in [0.15, 0.2) is 23.3 Å². The number of hydrogen-bond donors (Lipinski definition) is 2. The molecule has 12 heteroatoms. The van der Waals surface area contributed by atoms with Crippen molar-refractivity contribution < 1.29 is 9.13 Å². The zero-order valence-electron chi connectivity index (χ0n) is 15.0. The normalized spacial score (nSPS) is 15.3. The molecule has 0 aliphatic carbocycles. The molecule has 3 aromatic heterocycles. The summed E-state index contributed by atoms with van der Waals surface area (Å²) in [6.07, 6.45) is 2.25. The van der Waals surface area contributed by atoms with E-state index in [4.69, 9.17) is 4.74 Å². The van der Waals surface area contributed by atoms with Crippen LogP contribution >= 0.6 is 11.3 Å². The molecule has 0 spiro atoms. The van der Waals surface area contributed by atoms with Gasteiger partial charge in [-0.05, 0) is 6.92 Å². The van der Waals surface area contributed by atoms with Gasteiger partial charge in [-0.15, -0.1) is 11.3 Å². The minimum Gasteiger partial charge on any atom is -0.378 e. The summed E-state index contributed by atoms with van der Waals surface area (Å²) in [5.74, 6) is 1.87. The summed E-state index contributed by atoms with van der Waals surface area (Å²) in [4.78, 5) is 27.7. The summed E-state index contributed by atoms with van der Waals surface area (Å²) in [5.41, 5.74) is 1.72. The molecular formula is C16H18FN9OS. The van der Waals surface area contributed by atoms with E-state index >= 15 is 0 Å². The molecule has 28 heavy (non-hydrogen) atoms. The Morgan fingerprint density at radius 1 is 1.11 bits per heavy atom. The van der Waals surface area contributed by atoms with Crippen LogP contribution in [0, 0.1) is 5.82 Å². The first-order chi connectivity index (χ1) is 13.7. The van der Waals surface area contributed by atoms with Gasteiger partial charge in [-0.1, -0.05) is 0 Å². The summed E-state index contributed by atoms with van der Waals surface area (Å²) in [6.45, 7) is 4.46. The van der Waals surface area contributed by atoms with Crippen LogP contribution in [0.2, 0.25) is 0 Å². The lowest BCUT2D eigenvalue weighted by Crippen LogP contribution is -2.37. The lowest BCUT2D eigenvalue weighted by atomic mass is 10.3. The van der Waals surface area contributed by atoms with Gasteiger partial charge in [0.1, 0.15) is 11.6 Å². The van der Waals surface area contributed by atoms with E-state index in [1.807, 2.05) is 17.2 Å². The second kappa shape index (κ2) is 8.35. The Bertz CT molecular complexity index is 903. The topological polar surface area (TPSA) is 114 Å². The van der Waals surface area contributed by atoms with E-state index in [0.29, 0.717) is 55.8 Å².